The highest BCUT2D eigenvalue weighted by Gasteiger charge is 2.15. The predicted octanol–water partition coefficient (Wildman–Crippen LogP) is 4.34. The molecule has 0 saturated carbocycles. The highest BCUT2D eigenvalue weighted by atomic mass is 16.1. The third kappa shape index (κ3) is 4.93. The summed E-state index contributed by atoms with van der Waals surface area (Å²) in [6.45, 7) is 9.62. The van der Waals surface area contributed by atoms with Gasteiger partial charge in [0.1, 0.15) is 0 Å². The van der Waals surface area contributed by atoms with E-state index in [0.717, 1.165) is 28.6 Å². The predicted molar refractivity (Wildman–Crippen MR) is 137 cm³/mol. The van der Waals surface area contributed by atoms with Crippen LogP contribution in [0.25, 0.3) is 27.7 Å². The Morgan fingerprint density at radius 1 is 1.21 bits per heavy atom. The van der Waals surface area contributed by atoms with E-state index in [2.05, 4.69) is 10.1 Å². The van der Waals surface area contributed by atoms with E-state index in [1.54, 1.807) is 30.1 Å². The van der Waals surface area contributed by atoms with E-state index in [9.17, 15) is 9.59 Å². The number of allylic oxidation sites excluding steroid dienone is 4. The van der Waals surface area contributed by atoms with E-state index < -0.39 is 0 Å². The summed E-state index contributed by atoms with van der Waals surface area (Å²) in [5.41, 5.74) is 10.2. The summed E-state index contributed by atoms with van der Waals surface area (Å²) in [5.74, 6) is 0. The van der Waals surface area contributed by atoms with Crippen LogP contribution in [0.5, 0.6) is 0 Å². The Kier molecular flexibility index (Phi) is 7.23. The molecule has 0 saturated heterocycles. The fraction of sp³-hybridized carbons (Fsp3) is 0.308. The molecular formula is C26H31N5O2. The van der Waals surface area contributed by atoms with Gasteiger partial charge < -0.3 is 10.3 Å². The van der Waals surface area contributed by atoms with Gasteiger partial charge in [-0.05, 0) is 62.8 Å². The van der Waals surface area contributed by atoms with E-state index >= 15 is 0 Å². The van der Waals surface area contributed by atoms with Gasteiger partial charge in [-0.25, -0.2) is 0 Å². The van der Waals surface area contributed by atoms with Gasteiger partial charge in [-0.2, -0.15) is 9.78 Å². The smallest absolute Gasteiger partial charge is 0.272 e. The fourth-order valence-corrected chi connectivity index (χ4v) is 3.85. The van der Waals surface area contributed by atoms with E-state index in [1.165, 1.54) is 10.7 Å². The molecule has 0 bridgehead atoms. The molecule has 1 aromatic carbocycles. The van der Waals surface area contributed by atoms with Crippen LogP contribution >= 0.6 is 0 Å². The number of rotatable bonds is 6. The van der Waals surface area contributed by atoms with Gasteiger partial charge in [-0.1, -0.05) is 25.1 Å². The van der Waals surface area contributed by atoms with Crippen molar-refractivity contribution in [3.05, 3.63) is 80.1 Å². The summed E-state index contributed by atoms with van der Waals surface area (Å²) in [6.07, 6.45) is 7.88. The maximum atomic E-state index is 13.1. The molecule has 0 amide bonds. The molecule has 1 atom stereocenters. The summed E-state index contributed by atoms with van der Waals surface area (Å²) >= 11 is 0. The van der Waals surface area contributed by atoms with Gasteiger partial charge in [0.15, 0.2) is 0 Å². The Labute approximate surface area is 193 Å². The second-order valence-corrected chi connectivity index (χ2v) is 8.22. The van der Waals surface area contributed by atoms with Gasteiger partial charge in [0.05, 0.1) is 23.8 Å². The monoisotopic (exact) mass is 445 g/mol. The van der Waals surface area contributed by atoms with Crippen molar-refractivity contribution < 1.29 is 0 Å². The van der Waals surface area contributed by atoms with Crippen LogP contribution in [0.2, 0.25) is 0 Å². The van der Waals surface area contributed by atoms with Gasteiger partial charge in [-0.15, -0.1) is 0 Å². The summed E-state index contributed by atoms with van der Waals surface area (Å²) < 4.78 is 2.84. The molecule has 0 spiro atoms. The van der Waals surface area contributed by atoms with E-state index in [1.807, 2.05) is 58.9 Å². The SMILES string of the molecule is C\C=C(/C=N/C(C)=C/CC)n1ncc(-c2cc3c([C@@H](C)N)cc(C)cc3c(=O)n2C)cc1=O. The number of benzene rings is 1. The lowest BCUT2D eigenvalue weighted by Crippen LogP contribution is -2.24. The van der Waals surface area contributed by atoms with Crippen LogP contribution in [0.15, 0.2) is 62.9 Å². The van der Waals surface area contributed by atoms with E-state index in [-0.39, 0.29) is 17.2 Å². The van der Waals surface area contributed by atoms with Crippen LogP contribution in [0.1, 0.15) is 51.3 Å². The third-order valence-corrected chi connectivity index (χ3v) is 5.56. The number of aliphatic imine (C=N–C) groups is 1. The molecule has 33 heavy (non-hydrogen) atoms. The zero-order chi connectivity index (χ0) is 24.3. The first-order chi connectivity index (χ1) is 15.7. The molecule has 0 fully saturated rings. The summed E-state index contributed by atoms with van der Waals surface area (Å²) in [6, 6.07) is 7.03. The number of pyridine rings is 1. The first-order valence-corrected chi connectivity index (χ1v) is 11.0. The molecule has 3 aromatic rings. The molecule has 0 aliphatic carbocycles. The van der Waals surface area contributed by atoms with Crippen molar-refractivity contribution >= 4 is 22.7 Å². The van der Waals surface area contributed by atoms with Crippen LogP contribution in [0.3, 0.4) is 0 Å². The normalized spacial score (nSPS) is 13.8. The molecule has 172 valence electrons. The van der Waals surface area contributed by atoms with Crippen molar-refractivity contribution in [3.63, 3.8) is 0 Å². The molecule has 0 unspecified atom stereocenters. The van der Waals surface area contributed by atoms with E-state index in [0.29, 0.717) is 22.3 Å². The summed E-state index contributed by atoms with van der Waals surface area (Å²) in [7, 11) is 1.70. The second kappa shape index (κ2) is 9.92. The van der Waals surface area contributed by atoms with E-state index in [4.69, 9.17) is 5.73 Å². The maximum absolute atomic E-state index is 13.1. The molecule has 3 rings (SSSR count). The van der Waals surface area contributed by atoms with Crippen molar-refractivity contribution in [2.45, 2.75) is 47.1 Å². The standard InChI is InChI=1S/C26H31N5O2/c1-7-9-17(4)28-15-20(8-2)31-25(32)12-19(14-29-31)24-13-22-21(18(5)27)10-16(3)11-23(22)26(33)30(24)6/h8-15,18H,7,27H2,1-6H3/b17-9+,20-8+,28-15+/t18-/m1/s1. The minimum absolute atomic E-state index is 0.142. The summed E-state index contributed by atoms with van der Waals surface area (Å²) in [5, 5.41) is 5.76. The number of aromatic nitrogens is 3. The quantitative estimate of drug-likeness (QED) is 0.571. The van der Waals surface area contributed by atoms with Crippen LogP contribution in [0.4, 0.5) is 0 Å². The third-order valence-electron chi connectivity index (χ3n) is 5.56. The number of aryl methyl sites for hydroxylation is 1. The first-order valence-electron chi connectivity index (χ1n) is 11.0. The Balaban J connectivity index is 2.15. The molecule has 2 aromatic heterocycles. The first kappa shape index (κ1) is 24.1. The maximum Gasteiger partial charge on any atom is 0.272 e. The molecule has 2 N–H and O–H groups in total. The molecule has 2 heterocycles. The average molecular weight is 446 g/mol. The number of fused-ring (bicyclic) bond motifs is 1. The van der Waals surface area contributed by atoms with Crippen molar-refractivity contribution in [3.8, 4) is 11.3 Å². The van der Waals surface area contributed by atoms with Crippen molar-refractivity contribution in [1.29, 1.82) is 0 Å². The lowest BCUT2D eigenvalue weighted by Gasteiger charge is -2.16. The van der Waals surface area contributed by atoms with Crippen LogP contribution in [0, 0.1) is 6.92 Å². The molecule has 7 nitrogen and oxygen atoms in total. The number of nitrogens with two attached hydrogens (primary N) is 1. The Morgan fingerprint density at radius 2 is 1.94 bits per heavy atom. The fourth-order valence-electron chi connectivity index (χ4n) is 3.85. The minimum atomic E-state index is -0.312. The molecule has 0 aliphatic heterocycles. The Bertz CT molecular complexity index is 1400. The molecule has 0 aliphatic rings. The Morgan fingerprint density at radius 3 is 2.55 bits per heavy atom. The lowest BCUT2D eigenvalue weighted by atomic mass is 9.97. The topological polar surface area (TPSA) is 95.3 Å². The zero-order valence-electron chi connectivity index (χ0n) is 20.1. The largest absolute Gasteiger partial charge is 0.324 e. The van der Waals surface area contributed by atoms with Crippen LogP contribution in [-0.4, -0.2) is 20.6 Å². The highest BCUT2D eigenvalue weighted by Crippen LogP contribution is 2.27. The number of hydrogen-bond acceptors (Lipinski definition) is 5. The molecular weight excluding hydrogens is 414 g/mol. The van der Waals surface area contributed by atoms with Gasteiger partial charge >= 0.3 is 0 Å². The average Bonchev–Trinajstić information content (AvgIpc) is 2.77. The second-order valence-electron chi connectivity index (χ2n) is 8.22. The van der Waals surface area contributed by atoms with Gasteiger partial charge in [0.25, 0.3) is 11.1 Å². The van der Waals surface area contributed by atoms with Gasteiger partial charge in [0.2, 0.25) is 0 Å². The van der Waals surface area contributed by atoms with Crippen molar-refractivity contribution in [1.82, 2.24) is 14.3 Å². The van der Waals surface area contributed by atoms with Crippen molar-refractivity contribution in [2.75, 3.05) is 0 Å². The summed E-state index contributed by atoms with van der Waals surface area (Å²) in [4.78, 5) is 30.5. The Hall–Kier alpha value is -3.58. The van der Waals surface area contributed by atoms with Crippen LogP contribution < -0.4 is 16.9 Å². The molecule has 7 heteroatoms. The lowest BCUT2D eigenvalue weighted by molar-refractivity contribution is 0.820. The van der Waals surface area contributed by atoms with Gasteiger partial charge in [0, 0.05) is 35.8 Å². The number of hydrogen-bond donors (Lipinski definition) is 1. The van der Waals surface area contributed by atoms with Crippen LogP contribution in [-0.2, 0) is 7.05 Å². The molecule has 0 radical (unpaired) electrons. The van der Waals surface area contributed by atoms with Gasteiger partial charge in [-0.3, -0.25) is 14.6 Å². The zero-order valence-corrected chi connectivity index (χ0v) is 20.1. The number of nitrogens with zero attached hydrogens (tertiary/aromatic N) is 4. The highest BCUT2D eigenvalue weighted by molar-refractivity contribution is 6.02. The minimum Gasteiger partial charge on any atom is -0.324 e. The van der Waals surface area contributed by atoms with Crippen molar-refractivity contribution in [2.24, 2.45) is 17.8 Å².